The van der Waals surface area contributed by atoms with Crippen LogP contribution in [0, 0.1) is 10.8 Å². The molecule has 2 saturated heterocycles. The molecular formula is C17H25FN6O4. The maximum atomic E-state index is 13.6. The summed E-state index contributed by atoms with van der Waals surface area (Å²) in [4.78, 5) is 29.7. The van der Waals surface area contributed by atoms with E-state index in [2.05, 4.69) is 20.8 Å². The Morgan fingerprint density at radius 3 is 3.11 bits per heavy atom. The first-order chi connectivity index (χ1) is 13.5. The lowest BCUT2D eigenvalue weighted by molar-refractivity contribution is -0.124. The van der Waals surface area contributed by atoms with E-state index in [0.717, 1.165) is 6.42 Å². The van der Waals surface area contributed by atoms with E-state index in [1.54, 1.807) is 24.2 Å². The van der Waals surface area contributed by atoms with Crippen molar-refractivity contribution in [1.82, 2.24) is 15.2 Å². The number of anilines is 1. The number of alkyl halides is 1. The monoisotopic (exact) mass is 396 g/mol. The van der Waals surface area contributed by atoms with Crippen molar-refractivity contribution in [2.75, 3.05) is 38.7 Å². The summed E-state index contributed by atoms with van der Waals surface area (Å²) in [7, 11) is 1.65. The van der Waals surface area contributed by atoms with Gasteiger partial charge < -0.3 is 20.5 Å². The zero-order valence-electron chi connectivity index (χ0n) is 15.6. The summed E-state index contributed by atoms with van der Waals surface area (Å²) in [5, 5.41) is 8.47. The molecule has 1 aromatic heterocycles. The van der Waals surface area contributed by atoms with Gasteiger partial charge in [0, 0.05) is 31.8 Å². The SMILES string of the molecule is CN1CC(F)CNC1C(C(=O)Nc1cnccc1OC1CCOC1)C(N)N=O. The minimum Gasteiger partial charge on any atom is -0.486 e. The standard InChI is InChI=1S/C17H25FN6O4/c1-24-8-10(18)6-21-16(24)14(15(19)23-26)17(25)22-12-7-20-4-2-13(12)28-11-3-5-27-9-11/h2,4,7,10-11,14-16,21H,3,5-6,8-9,19H2,1H3,(H,22,25). The van der Waals surface area contributed by atoms with Gasteiger partial charge in [0.05, 0.1) is 25.6 Å². The summed E-state index contributed by atoms with van der Waals surface area (Å²) in [6.07, 6.45) is 0.631. The van der Waals surface area contributed by atoms with Crippen molar-refractivity contribution < 1.29 is 18.7 Å². The zero-order chi connectivity index (χ0) is 20.1. The lowest BCUT2D eigenvalue weighted by Crippen LogP contribution is -2.62. The molecule has 4 N–H and O–H groups in total. The van der Waals surface area contributed by atoms with Gasteiger partial charge in [-0.25, -0.2) is 4.39 Å². The Bertz CT molecular complexity index is 689. The molecule has 0 aromatic carbocycles. The predicted octanol–water partition coefficient (Wildman–Crippen LogP) is 0.0544. The Kier molecular flexibility index (Phi) is 6.83. The van der Waals surface area contributed by atoms with Crippen molar-refractivity contribution in [3.05, 3.63) is 23.4 Å². The molecule has 3 rings (SSSR count). The van der Waals surface area contributed by atoms with Crippen molar-refractivity contribution in [3.63, 3.8) is 0 Å². The maximum Gasteiger partial charge on any atom is 0.234 e. The molecule has 11 heteroatoms. The highest BCUT2D eigenvalue weighted by atomic mass is 19.1. The molecule has 2 aliphatic heterocycles. The van der Waals surface area contributed by atoms with Gasteiger partial charge in [-0.05, 0) is 7.05 Å². The molecule has 2 aliphatic rings. The van der Waals surface area contributed by atoms with E-state index >= 15 is 0 Å². The molecule has 0 spiro atoms. The second-order valence-electron chi connectivity index (χ2n) is 6.98. The van der Waals surface area contributed by atoms with Gasteiger partial charge in [-0.15, -0.1) is 4.91 Å². The summed E-state index contributed by atoms with van der Waals surface area (Å²) < 4.78 is 24.8. The Hall–Kier alpha value is -2.21. The number of ether oxygens (including phenoxy) is 2. The molecule has 28 heavy (non-hydrogen) atoms. The van der Waals surface area contributed by atoms with E-state index in [-0.39, 0.29) is 19.2 Å². The van der Waals surface area contributed by atoms with Crippen LogP contribution in [0.15, 0.2) is 23.6 Å². The Balaban J connectivity index is 1.76. The van der Waals surface area contributed by atoms with Crippen molar-refractivity contribution in [3.8, 4) is 5.75 Å². The molecule has 1 amide bonds. The predicted molar refractivity (Wildman–Crippen MR) is 99.3 cm³/mol. The summed E-state index contributed by atoms with van der Waals surface area (Å²) >= 11 is 0. The minimum absolute atomic E-state index is 0.0628. The fourth-order valence-corrected chi connectivity index (χ4v) is 3.43. The normalized spacial score (nSPS) is 27.8. The van der Waals surface area contributed by atoms with Crippen LogP contribution in [0.25, 0.3) is 0 Å². The first-order valence-electron chi connectivity index (χ1n) is 9.14. The summed E-state index contributed by atoms with van der Waals surface area (Å²) in [6.45, 7) is 1.28. The first-order valence-corrected chi connectivity index (χ1v) is 9.14. The van der Waals surface area contributed by atoms with Crippen LogP contribution in [0.2, 0.25) is 0 Å². The van der Waals surface area contributed by atoms with Gasteiger partial charge in [-0.3, -0.25) is 20.0 Å². The summed E-state index contributed by atoms with van der Waals surface area (Å²) in [5.74, 6) is -1.12. The molecule has 3 heterocycles. The number of aromatic nitrogens is 1. The van der Waals surface area contributed by atoms with Gasteiger partial charge in [0.15, 0.2) is 6.17 Å². The lowest BCUT2D eigenvalue weighted by Gasteiger charge is -2.39. The Morgan fingerprint density at radius 2 is 2.43 bits per heavy atom. The number of nitroso groups, excluding NO2 is 1. The van der Waals surface area contributed by atoms with Gasteiger partial charge in [-0.2, -0.15) is 0 Å². The van der Waals surface area contributed by atoms with Crippen molar-refractivity contribution in [2.24, 2.45) is 16.8 Å². The van der Waals surface area contributed by atoms with E-state index in [4.69, 9.17) is 15.2 Å². The third kappa shape index (κ3) is 4.79. The average molecular weight is 396 g/mol. The van der Waals surface area contributed by atoms with Crippen LogP contribution in [0.3, 0.4) is 0 Å². The molecule has 2 fully saturated rings. The highest BCUT2D eigenvalue weighted by Gasteiger charge is 2.40. The average Bonchev–Trinajstić information content (AvgIpc) is 3.18. The van der Waals surface area contributed by atoms with Crippen LogP contribution in [-0.4, -0.2) is 73.7 Å². The van der Waals surface area contributed by atoms with Gasteiger partial charge in [0.2, 0.25) is 5.91 Å². The number of nitrogens with zero attached hydrogens (tertiary/aromatic N) is 3. The van der Waals surface area contributed by atoms with Crippen LogP contribution in [-0.2, 0) is 9.53 Å². The molecule has 10 nitrogen and oxygen atoms in total. The number of carbonyl (C=O) groups is 1. The number of nitrogens with one attached hydrogen (secondary N) is 2. The molecule has 1 aromatic rings. The van der Waals surface area contributed by atoms with Gasteiger partial charge >= 0.3 is 0 Å². The van der Waals surface area contributed by atoms with Crippen molar-refractivity contribution in [1.29, 1.82) is 0 Å². The van der Waals surface area contributed by atoms with Crippen LogP contribution in [0.1, 0.15) is 6.42 Å². The van der Waals surface area contributed by atoms with Crippen LogP contribution in [0.5, 0.6) is 5.75 Å². The number of pyridine rings is 1. The topological polar surface area (TPSA) is 131 Å². The van der Waals surface area contributed by atoms with Gasteiger partial charge in [-0.1, -0.05) is 5.18 Å². The second kappa shape index (κ2) is 9.32. The van der Waals surface area contributed by atoms with E-state index in [1.165, 1.54) is 6.20 Å². The minimum atomic E-state index is -1.31. The molecule has 5 unspecified atom stereocenters. The first kappa shape index (κ1) is 20.5. The highest BCUT2D eigenvalue weighted by molar-refractivity contribution is 5.94. The third-order valence-electron chi connectivity index (χ3n) is 4.86. The lowest BCUT2D eigenvalue weighted by atomic mass is 9.98. The van der Waals surface area contributed by atoms with Crippen molar-refractivity contribution in [2.45, 2.75) is 31.0 Å². The molecule has 0 aliphatic carbocycles. The fourth-order valence-electron chi connectivity index (χ4n) is 3.43. The number of halogens is 1. The van der Waals surface area contributed by atoms with Gasteiger partial charge in [0.25, 0.3) is 0 Å². The number of rotatable bonds is 7. The van der Waals surface area contributed by atoms with E-state index in [1.807, 2.05) is 0 Å². The van der Waals surface area contributed by atoms with Crippen LogP contribution < -0.4 is 21.1 Å². The summed E-state index contributed by atoms with van der Waals surface area (Å²) in [6, 6.07) is 1.64. The smallest absolute Gasteiger partial charge is 0.234 e. The molecule has 0 saturated carbocycles. The molecule has 5 atom stereocenters. The van der Waals surface area contributed by atoms with E-state index in [9.17, 15) is 14.1 Å². The van der Waals surface area contributed by atoms with Crippen LogP contribution in [0.4, 0.5) is 10.1 Å². The number of hydrogen-bond donors (Lipinski definition) is 3. The van der Waals surface area contributed by atoms with Crippen molar-refractivity contribution >= 4 is 11.6 Å². The quantitative estimate of drug-likeness (QED) is 0.551. The zero-order valence-corrected chi connectivity index (χ0v) is 15.6. The Morgan fingerprint density at radius 1 is 1.61 bits per heavy atom. The van der Waals surface area contributed by atoms with Gasteiger partial charge in [0.1, 0.15) is 29.6 Å². The Labute approximate surface area is 161 Å². The highest BCUT2D eigenvalue weighted by Crippen LogP contribution is 2.27. The number of amides is 1. The largest absolute Gasteiger partial charge is 0.486 e. The third-order valence-corrected chi connectivity index (χ3v) is 4.86. The molecule has 154 valence electrons. The maximum absolute atomic E-state index is 13.6. The molecule has 0 radical (unpaired) electrons. The molecular weight excluding hydrogens is 371 g/mol. The van der Waals surface area contributed by atoms with E-state index in [0.29, 0.717) is 24.7 Å². The van der Waals surface area contributed by atoms with Crippen LogP contribution >= 0.6 is 0 Å². The number of hydrogen-bond acceptors (Lipinski definition) is 9. The second-order valence-corrected chi connectivity index (χ2v) is 6.98. The number of carbonyl (C=O) groups excluding carboxylic acids is 1. The molecule has 0 bridgehead atoms. The van der Waals surface area contributed by atoms with E-state index < -0.39 is 30.3 Å². The fraction of sp³-hybridized carbons (Fsp3) is 0.647. The summed E-state index contributed by atoms with van der Waals surface area (Å²) in [5.41, 5.74) is 6.16. The number of nitrogens with two attached hydrogens (primary N) is 1.